The van der Waals surface area contributed by atoms with Crippen LogP contribution in [0.4, 0.5) is 5.69 Å². The van der Waals surface area contributed by atoms with Gasteiger partial charge in [-0.15, -0.1) is 0 Å². The summed E-state index contributed by atoms with van der Waals surface area (Å²) in [4.78, 5) is 14.6. The summed E-state index contributed by atoms with van der Waals surface area (Å²) >= 11 is 0. The van der Waals surface area contributed by atoms with Crippen molar-refractivity contribution in [3.05, 3.63) is 23.8 Å². The van der Waals surface area contributed by atoms with E-state index < -0.39 is 0 Å². The van der Waals surface area contributed by atoms with Crippen LogP contribution in [0.2, 0.25) is 0 Å². The number of nitrogens with zero attached hydrogens (tertiary/aromatic N) is 1. The zero-order valence-electron chi connectivity index (χ0n) is 11.8. The van der Waals surface area contributed by atoms with Gasteiger partial charge in [-0.3, -0.25) is 4.79 Å². The van der Waals surface area contributed by atoms with E-state index in [4.69, 9.17) is 15.6 Å². The number of rotatable bonds is 6. The summed E-state index contributed by atoms with van der Waals surface area (Å²) in [6.07, 6.45) is 3.83. The lowest BCUT2D eigenvalue weighted by atomic mass is 9.90. The molecular formula is C15H22N2O3. The Hall–Kier alpha value is -1.75. The van der Waals surface area contributed by atoms with E-state index in [9.17, 15) is 4.79 Å². The number of hydrogen-bond donors (Lipinski definition) is 2. The molecule has 0 saturated heterocycles. The zero-order valence-corrected chi connectivity index (χ0v) is 11.8. The second-order valence-electron chi connectivity index (χ2n) is 5.12. The predicted octanol–water partition coefficient (Wildman–Crippen LogP) is 1.65. The molecule has 5 heteroatoms. The molecule has 1 amide bonds. The molecule has 1 aromatic carbocycles. The summed E-state index contributed by atoms with van der Waals surface area (Å²) in [6, 6.07) is 5.37. The molecule has 1 saturated carbocycles. The van der Waals surface area contributed by atoms with Crippen molar-refractivity contribution < 1.29 is 14.6 Å². The summed E-state index contributed by atoms with van der Waals surface area (Å²) in [7, 11) is 1.53. The zero-order chi connectivity index (χ0) is 14.5. The molecule has 1 aliphatic carbocycles. The molecule has 0 spiro atoms. The molecule has 0 atom stereocenters. The third-order valence-corrected chi connectivity index (χ3v) is 3.79. The topological polar surface area (TPSA) is 75.8 Å². The Kier molecular flexibility index (Phi) is 4.84. The van der Waals surface area contributed by atoms with Crippen LogP contribution in [-0.2, 0) is 0 Å². The summed E-state index contributed by atoms with van der Waals surface area (Å²) in [5, 5.41) is 9.00. The van der Waals surface area contributed by atoms with E-state index in [1.807, 2.05) is 4.90 Å². The second kappa shape index (κ2) is 6.61. The van der Waals surface area contributed by atoms with Gasteiger partial charge in [0.2, 0.25) is 0 Å². The molecule has 110 valence electrons. The van der Waals surface area contributed by atoms with Gasteiger partial charge >= 0.3 is 0 Å². The average molecular weight is 278 g/mol. The highest BCUT2D eigenvalue weighted by molar-refractivity contribution is 5.97. The Labute approximate surface area is 119 Å². The van der Waals surface area contributed by atoms with Gasteiger partial charge in [-0.25, -0.2) is 0 Å². The average Bonchev–Trinajstić information content (AvgIpc) is 2.40. The van der Waals surface area contributed by atoms with Gasteiger partial charge in [0.25, 0.3) is 5.91 Å². The monoisotopic (exact) mass is 278 g/mol. The van der Waals surface area contributed by atoms with Crippen molar-refractivity contribution in [1.29, 1.82) is 0 Å². The standard InChI is InChI=1S/C15H22N2O3/c1-20-14-10-11(16)6-7-13(14)15(19)17(8-3-9-18)12-4-2-5-12/h6-7,10,12,18H,2-5,8-9,16H2,1H3. The van der Waals surface area contributed by atoms with Gasteiger partial charge in [-0.1, -0.05) is 0 Å². The van der Waals surface area contributed by atoms with Crippen molar-refractivity contribution in [2.45, 2.75) is 31.7 Å². The highest BCUT2D eigenvalue weighted by atomic mass is 16.5. The van der Waals surface area contributed by atoms with Gasteiger partial charge in [-0.2, -0.15) is 0 Å². The fourth-order valence-corrected chi connectivity index (χ4v) is 2.43. The summed E-state index contributed by atoms with van der Waals surface area (Å²) < 4.78 is 5.26. The maximum atomic E-state index is 12.7. The van der Waals surface area contributed by atoms with Crippen LogP contribution >= 0.6 is 0 Å². The number of carbonyl (C=O) groups excluding carboxylic acids is 1. The first kappa shape index (κ1) is 14.7. The fraction of sp³-hybridized carbons (Fsp3) is 0.533. The minimum Gasteiger partial charge on any atom is -0.496 e. The first-order valence-corrected chi connectivity index (χ1v) is 7.02. The van der Waals surface area contributed by atoms with Crippen LogP contribution in [0.1, 0.15) is 36.0 Å². The van der Waals surface area contributed by atoms with Gasteiger partial charge in [0.1, 0.15) is 5.75 Å². The molecule has 0 unspecified atom stereocenters. The highest BCUT2D eigenvalue weighted by Gasteiger charge is 2.30. The van der Waals surface area contributed by atoms with Crippen molar-refractivity contribution in [2.24, 2.45) is 0 Å². The molecular weight excluding hydrogens is 256 g/mol. The number of aliphatic hydroxyl groups is 1. The molecule has 0 radical (unpaired) electrons. The summed E-state index contributed by atoms with van der Waals surface area (Å²) in [6.45, 7) is 0.670. The number of nitrogen functional groups attached to an aromatic ring is 1. The van der Waals surface area contributed by atoms with E-state index in [1.165, 1.54) is 7.11 Å². The van der Waals surface area contributed by atoms with Gasteiger partial charge in [0, 0.05) is 30.9 Å². The number of ether oxygens (including phenoxy) is 1. The number of amides is 1. The molecule has 0 aliphatic heterocycles. The van der Waals surface area contributed by atoms with Crippen LogP contribution in [0.5, 0.6) is 5.75 Å². The minimum absolute atomic E-state index is 0.0417. The molecule has 2 rings (SSSR count). The molecule has 20 heavy (non-hydrogen) atoms. The quantitative estimate of drug-likeness (QED) is 0.776. The van der Waals surface area contributed by atoms with Crippen molar-refractivity contribution in [1.82, 2.24) is 4.90 Å². The normalized spacial score (nSPS) is 14.7. The molecule has 1 aliphatic rings. The van der Waals surface area contributed by atoms with E-state index in [-0.39, 0.29) is 18.6 Å². The molecule has 1 fully saturated rings. The van der Waals surface area contributed by atoms with Crippen molar-refractivity contribution in [3.63, 3.8) is 0 Å². The maximum absolute atomic E-state index is 12.7. The van der Waals surface area contributed by atoms with Crippen LogP contribution < -0.4 is 10.5 Å². The fourth-order valence-electron chi connectivity index (χ4n) is 2.43. The largest absolute Gasteiger partial charge is 0.496 e. The van der Waals surface area contributed by atoms with Crippen LogP contribution in [0.25, 0.3) is 0 Å². The van der Waals surface area contributed by atoms with E-state index >= 15 is 0 Å². The minimum atomic E-state index is -0.0417. The molecule has 0 bridgehead atoms. The molecule has 1 aromatic rings. The third-order valence-electron chi connectivity index (χ3n) is 3.79. The number of benzene rings is 1. The van der Waals surface area contributed by atoms with Crippen molar-refractivity contribution in [2.75, 3.05) is 26.0 Å². The van der Waals surface area contributed by atoms with E-state index in [0.29, 0.717) is 30.0 Å². The van der Waals surface area contributed by atoms with Crippen LogP contribution in [0, 0.1) is 0 Å². The van der Waals surface area contributed by atoms with E-state index in [1.54, 1.807) is 18.2 Å². The number of carbonyl (C=O) groups is 1. The van der Waals surface area contributed by atoms with Crippen LogP contribution in [0.3, 0.4) is 0 Å². The highest BCUT2D eigenvalue weighted by Crippen LogP contribution is 2.29. The van der Waals surface area contributed by atoms with E-state index in [0.717, 1.165) is 19.3 Å². The van der Waals surface area contributed by atoms with Gasteiger partial charge in [0.05, 0.1) is 12.7 Å². The van der Waals surface area contributed by atoms with Gasteiger partial charge in [0.15, 0.2) is 0 Å². The lowest BCUT2D eigenvalue weighted by Gasteiger charge is -2.37. The lowest BCUT2D eigenvalue weighted by molar-refractivity contribution is 0.0559. The molecule has 0 heterocycles. The number of aliphatic hydroxyl groups excluding tert-OH is 1. The number of methoxy groups -OCH3 is 1. The molecule has 3 N–H and O–H groups in total. The Balaban J connectivity index is 2.21. The van der Waals surface area contributed by atoms with Gasteiger partial charge in [-0.05, 0) is 37.8 Å². The van der Waals surface area contributed by atoms with Crippen LogP contribution in [-0.4, -0.2) is 42.2 Å². The Bertz CT molecular complexity index is 472. The summed E-state index contributed by atoms with van der Waals surface area (Å²) in [5.74, 6) is 0.461. The summed E-state index contributed by atoms with van der Waals surface area (Å²) in [5.41, 5.74) is 6.83. The molecule has 5 nitrogen and oxygen atoms in total. The Morgan fingerprint density at radius 1 is 1.50 bits per heavy atom. The first-order valence-electron chi connectivity index (χ1n) is 7.02. The number of hydrogen-bond acceptors (Lipinski definition) is 4. The number of anilines is 1. The number of nitrogens with two attached hydrogens (primary N) is 1. The second-order valence-corrected chi connectivity index (χ2v) is 5.12. The Morgan fingerprint density at radius 3 is 2.80 bits per heavy atom. The first-order chi connectivity index (χ1) is 9.67. The van der Waals surface area contributed by atoms with E-state index in [2.05, 4.69) is 0 Å². The Morgan fingerprint density at radius 2 is 2.25 bits per heavy atom. The molecule has 0 aromatic heterocycles. The smallest absolute Gasteiger partial charge is 0.257 e. The van der Waals surface area contributed by atoms with Crippen LogP contribution in [0.15, 0.2) is 18.2 Å². The van der Waals surface area contributed by atoms with Crippen molar-refractivity contribution in [3.8, 4) is 5.75 Å². The maximum Gasteiger partial charge on any atom is 0.257 e. The SMILES string of the molecule is COc1cc(N)ccc1C(=O)N(CCCO)C1CCC1. The van der Waals surface area contributed by atoms with Gasteiger partial charge < -0.3 is 20.5 Å². The van der Waals surface area contributed by atoms with Crippen molar-refractivity contribution >= 4 is 11.6 Å². The lowest BCUT2D eigenvalue weighted by Crippen LogP contribution is -2.45. The third kappa shape index (κ3) is 3.04. The predicted molar refractivity (Wildman–Crippen MR) is 77.8 cm³/mol.